The second-order valence-corrected chi connectivity index (χ2v) is 4.64. The van der Waals surface area contributed by atoms with Crippen LogP contribution in [0, 0.1) is 0 Å². The third-order valence-corrected chi connectivity index (χ3v) is 3.13. The van der Waals surface area contributed by atoms with E-state index in [0.717, 1.165) is 0 Å². The zero-order chi connectivity index (χ0) is 13.8. The van der Waals surface area contributed by atoms with E-state index in [4.69, 9.17) is 5.11 Å². The number of carbonyl (C=O) groups is 2. The number of amides is 1. The second-order valence-electron chi connectivity index (χ2n) is 3.60. The van der Waals surface area contributed by atoms with Crippen LogP contribution >= 0.6 is 11.8 Å². The molecule has 0 bridgehead atoms. The van der Waals surface area contributed by atoms with Crippen molar-refractivity contribution in [1.29, 1.82) is 0 Å². The Labute approximate surface area is 111 Å². The molecule has 0 spiro atoms. The first kappa shape index (κ1) is 13.2. The maximum atomic E-state index is 10.9. The van der Waals surface area contributed by atoms with Crippen molar-refractivity contribution >= 4 is 29.3 Å². The van der Waals surface area contributed by atoms with Gasteiger partial charge in [-0.25, -0.2) is 4.79 Å². The molecule has 2 aromatic heterocycles. The summed E-state index contributed by atoms with van der Waals surface area (Å²) in [5.41, 5.74) is 0.501. The van der Waals surface area contributed by atoms with E-state index in [1.165, 1.54) is 23.3 Å². The van der Waals surface area contributed by atoms with E-state index in [9.17, 15) is 9.59 Å². The largest absolute Gasteiger partial charge is 0.480 e. The van der Waals surface area contributed by atoms with Gasteiger partial charge in [0.05, 0.1) is 0 Å². The monoisotopic (exact) mass is 282 g/mol. The Balaban J connectivity index is 2.03. The van der Waals surface area contributed by atoms with Crippen molar-refractivity contribution in [3.8, 4) is 0 Å². The number of aromatic nitrogens is 5. The number of thioether (sulfide) groups is 1. The average molecular weight is 282 g/mol. The Hall–Kier alpha value is -2.23. The highest BCUT2D eigenvalue weighted by molar-refractivity contribution is 7.99. The third-order valence-electron chi connectivity index (χ3n) is 2.12. The highest BCUT2D eigenvalue weighted by atomic mass is 32.2. The molecule has 0 radical (unpaired) electrons. The van der Waals surface area contributed by atoms with E-state index in [1.54, 1.807) is 12.1 Å². The fourth-order valence-corrected chi connectivity index (χ4v) is 2.16. The predicted octanol–water partition coefficient (Wildman–Crippen LogP) is -0.799. The summed E-state index contributed by atoms with van der Waals surface area (Å²) >= 11 is 1.19. The lowest BCUT2D eigenvalue weighted by Gasteiger charge is -2.11. The summed E-state index contributed by atoms with van der Waals surface area (Å²) < 4.78 is 1.25. The minimum atomic E-state index is -1.09. The van der Waals surface area contributed by atoms with Gasteiger partial charge in [-0.15, -0.1) is 26.6 Å². The van der Waals surface area contributed by atoms with Gasteiger partial charge in [-0.05, 0) is 22.6 Å². The molecule has 2 N–H and O–H groups in total. The topological polar surface area (TPSA) is 122 Å². The molecule has 9 nitrogen and oxygen atoms in total. The number of hydrogen-bond donors (Lipinski definition) is 2. The number of hydrogen-bond acceptors (Lipinski definition) is 7. The normalized spacial score (nSPS) is 12.3. The van der Waals surface area contributed by atoms with Crippen LogP contribution in [0.2, 0.25) is 0 Å². The standard InChI is InChI=1S/C9H10N6O3S/c1-5(16)10-6(9(17)18)4-19-8-3-2-7-11-13-14-15(7)12-8/h2-3,6H,4H2,1H3,(H,10,16)(H,17,18)/t6-/m0/s1. The van der Waals surface area contributed by atoms with E-state index < -0.39 is 17.9 Å². The summed E-state index contributed by atoms with van der Waals surface area (Å²) in [5.74, 6) is -1.32. The highest BCUT2D eigenvalue weighted by Gasteiger charge is 2.18. The first-order chi connectivity index (χ1) is 9.06. The van der Waals surface area contributed by atoms with Crippen molar-refractivity contribution in [2.24, 2.45) is 0 Å². The maximum absolute atomic E-state index is 10.9. The first-order valence-corrected chi connectivity index (χ1v) is 6.23. The number of fused-ring (bicyclic) bond motifs is 1. The zero-order valence-electron chi connectivity index (χ0n) is 9.85. The summed E-state index contributed by atoms with van der Waals surface area (Å²) in [6.45, 7) is 1.27. The summed E-state index contributed by atoms with van der Waals surface area (Å²) in [4.78, 5) is 21.8. The lowest BCUT2D eigenvalue weighted by Crippen LogP contribution is -2.41. The van der Waals surface area contributed by atoms with Gasteiger partial charge in [0.2, 0.25) is 5.91 Å². The number of carboxylic acid groups (broad SMARTS) is 1. The van der Waals surface area contributed by atoms with Crippen LogP contribution in [0.3, 0.4) is 0 Å². The van der Waals surface area contributed by atoms with Gasteiger partial charge < -0.3 is 10.4 Å². The van der Waals surface area contributed by atoms with Gasteiger partial charge >= 0.3 is 5.97 Å². The Morgan fingerprint density at radius 3 is 3.00 bits per heavy atom. The minimum absolute atomic E-state index is 0.162. The van der Waals surface area contributed by atoms with E-state index in [1.807, 2.05) is 0 Å². The fraction of sp³-hybridized carbons (Fsp3) is 0.333. The molecular weight excluding hydrogens is 272 g/mol. The van der Waals surface area contributed by atoms with Crippen LogP contribution in [0.1, 0.15) is 6.92 Å². The van der Waals surface area contributed by atoms with Crippen LogP contribution in [0.5, 0.6) is 0 Å². The van der Waals surface area contributed by atoms with Gasteiger partial charge in [-0.1, -0.05) is 0 Å². The molecule has 19 heavy (non-hydrogen) atoms. The van der Waals surface area contributed by atoms with Gasteiger partial charge in [0.1, 0.15) is 11.1 Å². The number of rotatable bonds is 5. The molecule has 2 heterocycles. The van der Waals surface area contributed by atoms with Crippen LogP contribution in [-0.4, -0.2) is 54.0 Å². The lowest BCUT2D eigenvalue weighted by molar-refractivity contribution is -0.140. The van der Waals surface area contributed by atoms with Crippen molar-refractivity contribution < 1.29 is 14.7 Å². The fourth-order valence-electron chi connectivity index (χ4n) is 1.30. The van der Waals surface area contributed by atoms with Gasteiger partial charge in [-0.3, -0.25) is 4.79 Å². The zero-order valence-corrected chi connectivity index (χ0v) is 10.7. The lowest BCUT2D eigenvalue weighted by atomic mass is 10.3. The summed E-state index contributed by atoms with van der Waals surface area (Å²) in [6.07, 6.45) is 0. The van der Waals surface area contributed by atoms with Crippen LogP contribution in [0.4, 0.5) is 0 Å². The summed E-state index contributed by atoms with van der Waals surface area (Å²) in [7, 11) is 0. The molecule has 0 fully saturated rings. The molecule has 100 valence electrons. The quantitative estimate of drug-likeness (QED) is 0.683. The Kier molecular flexibility index (Phi) is 3.90. The molecule has 0 saturated carbocycles. The Morgan fingerprint density at radius 1 is 1.53 bits per heavy atom. The van der Waals surface area contributed by atoms with E-state index in [0.29, 0.717) is 10.7 Å². The van der Waals surface area contributed by atoms with E-state index in [2.05, 4.69) is 25.9 Å². The predicted molar refractivity (Wildman–Crippen MR) is 64.5 cm³/mol. The summed E-state index contributed by atoms with van der Waals surface area (Å²) in [5, 5.41) is 26.7. The van der Waals surface area contributed by atoms with E-state index >= 15 is 0 Å². The number of tetrazole rings is 1. The third kappa shape index (κ3) is 3.37. The molecule has 2 aromatic rings. The van der Waals surface area contributed by atoms with Gasteiger partial charge in [0.15, 0.2) is 5.65 Å². The van der Waals surface area contributed by atoms with Crippen molar-refractivity contribution in [2.45, 2.75) is 18.0 Å². The smallest absolute Gasteiger partial charge is 0.327 e. The summed E-state index contributed by atoms with van der Waals surface area (Å²) in [6, 6.07) is 2.39. The molecule has 0 unspecified atom stereocenters. The number of carbonyl (C=O) groups excluding carboxylic acids is 1. The van der Waals surface area contributed by atoms with Crippen molar-refractivity contribution in [2.75, 3.05) is 5.75 Å². The second kappa shape index (κ2) is 5.61. The average Bonchev–Trinajstić information content (AvgIpc) is 2.80. The van der Waals surface area contributed by atoms with Crippen LogP contribution < -0.4 is 5.32 Å². The molecule has 0 aliphatic rings. The Bertz CT molecular complexity index is 615. The van der Waals surface area contributed by atoms with Crippen molar-refractivity contribution in [1.82, 2.24) is 30.6 Å². The number of carboxylic acids is 1. The number of nitrogens with zero attached hydrogens (tertiary/aromatic N) is 5. The maximum Gasteiger partial charge on any atom is 0.327 e. The molecule has 2 rings (SSSR count). The van der Waals surface area contributed by atoms with Crippen LogP contribution in [-0.2, 0) is 9.59 Å². The highest BCUT2D eigenvalue weighted by Crippen LogP contribution is 2.16. The number of aliphatic carboxylic acids is 1. The van der Waals surface area contributed by atoms with E-state index in [-0.39, 0.29) is 5.75 Å². The van der Waals surface area contributed by atoms with Crippen LogP contribution in [0.25, 0.3) is 5.65 Å². The Morgan fingerprint density at radius 2 is 2.32 bits per heavy atom. The molecule has 1 amide bonds. The van der Waals surface area contributed by atoms with Gasteiger partial charge in [0.25, 0.3) is 0 Å². The molecule has 1 atom stereocenters. The molecule has 0 aromatic carbocycles. The molecule has 0 saturated heterocycles. The molecule has 10 heteroatoms. The number of nitrogens with one attached hydrogen (secondary N) is 1. The molecule has 0 aliphatic carbocycles. The van der Waals surface area contributed by atoms with Crippen molar-refractivity contribution in [3.05, 3.63) is 12.1 Å². The van der Waals surface area contributed by atoms with Gasteiger partial charge in [0, 0.05) is 12.7 Å². The molecule has 0 aliphatic heterocycles. The minimum Gasteiger partial charge on any atom is -0.480 e. The van der Waals surface area contributed by atoms with Gasteiger partial charge in [-0.2, -0.15) is 0 Å². The molecular formula is C9H10N6O3S. The van der Waals surface area contributed by atoms with Crippen LogP contribution in [0.15, 0.2) is 17.2 Å². The van der Waals surface area contributed by atoms with Crippen molar-refractivity contribution in [3.63, 3.8) is 0 Å². The SMILES string of the molecule is CC(=O)N[C@@H](CSc1ccc2nnnn2n1)C(=O)O. The first-order valence-electron chi connectivity index (χ1n) is 5.24.